The summed E-state index contributed by atoms with van der Waals surface area (Å²) in [6, 6.07) is 20.3. The topological polar surface area (TPSA) is 50.2 Å². The van der Waals surface area contributed by atoms with Crippen LogP contribution >= 0.6 is 0 Å². The number of fused-ring (bicyclic) bond motifs is 2. The van der Waals surface area contributed by atoms with Crippen molar-refractivity contribution in [2.24, 2.45) is 5.41 Å². The van der Waals surface area contributed by atoms with Crippen LogP contribution < -0.4 is 5.32 Å². The monoisotopic (exact) mass is 428 g/mol. The first-order valence-electron chi connectivity index (χ1n) is 12.1. The van der Waals surface area contributed by atoms with Crippen LogP contribution in [0, 0.1) is 12.3 Å². The Labute approximate surface area is 189 Å². The van der Waals surface area contributed by atoms with Gasteiger partial charge in [0.2, 0.25) is 5.91 Å². The lowest BCUT2D eigenvalue weighted by Gasteiger charge is -2.46. The van der Waals surface area contributed by atoms with Gasteiger partial charge in [0.25, 0.3) is 0 Å². The number of nitrogens with one attached hydrogen (secondary N) is 1. The third kappa shape index (κ3) is 3.01. The number of hydrogen-bond donors (Lipinski definition) is 1. The van der Waals surface area contributed by atoms with Crippen LogP contribution in [0.15, 0.2) is 54.6 Å². The summed E-state index contributed by atoms with van der Waals surface area (Å²) in [5.74, 6) is 1.16. The van der Waals surface area contributed by atoms with E-state index in [2.05, 4.69) is 63.1 Å². The molecule has 166 valence electrons. The highest BCUT2D eigenvalue weighted by Crippen LogP contribution is 2.53. The molecule has 1 N–H and O–H groups in total. The molecule has 0 unspecified atom stereocenters. The number of likely N-dealkylation sites (tertiary alicyclic amines) is 1. The zero-order valence-electron chi connectivity index (χ0n) is 19.0. The molecule has 2 aromatic carbocycles. The Bertz CT molecular complexity index is 1150. The number of benzene rings is 2. The molecule has 32 heavy (non-hydrogen) atoms. The quantitative estimate of drug-likeness (QED) is 0.681. The molecule has 1 aromatic heterocycles. The van der Waals surface area contributed by atoms with E-state index in [-0.39, 0.29) is 17.4 Å². The van der Waals surface area contributed by atoms with Crippen LogP contribution in [0.5, 0.6) is 0 Å². The molecule has 2 saturated heterocycles. The molecule has 6 rings (SSSR count). The van der Waals surface area contributed by atoms with E-state index in [4.69, 9.17) is 0 Å². The molecule has 1 amide bonds. The summed E-state index contributed by atoms with van der Waals surface area (Å²) in [7, 11) is 0. The van der Waals surface area contributed by atoms with Crippen LogP contribution in [0.25, 0.3) is 11.0 Å². The zero-order valence-corrected chi connectivity index (χ0v) is 19.0. The number of hydrogen-bond acceptors (Lipinski definition) is 3. The fraction of sp³-hybridized carbons (Fsp3) is 0.481. The summed E-state index contributed by atoms with van der Waals surface area (Å²) < 4.78 is 2.10. The Hall–Kier alpha value is -2.66. The summed E-state index contributed by atoms with van der Waals surface area (Å²) in [4.78, 5) is 20.9. The minimum Gasteiger partial charge on any atom is -0.333 e. The smallest absolute Gasteiger partial charge is 0.243 e. The minimum atomic E-state index is 0.178. The highest BCUT2D eigenvalue weighted by Gasteiger charge is 2.60. The number of aryl methyl sites for hydroxylation is 1. The van der Waals surface area contributed by atoms with Gasteiger partial charge in [-0.15, -0.1) is 0 Å². The molecular formula is C27H32N4O. The molecule has 1 saturated carbocycles. The van der Waals surface area contributed by atoms with Crippen LogP contribution in [0.3, 0.4) is 0 Å². The van der Waals surface area contributed by atoms with Crippen molar-refractivity contribution in [1.29, 1.82) is 0 Å². The Morgan fingerprint density at radius 1 is 1.12 bits per heavy atom. The van der Waals surface area contributed by atoms with E-state index in [1.54, 1.807) is 0 Å². The fourth-order valence-electron chi connectivity index (χ4n) is 6.94. The molecule has 3 aliphatic rings. The number of amides is 1. The van der Waals surface area contributed by atoms with E-state index < -0.39 is 0 Å². The van der Waals surface area contributed by atoms with Crippen molar-refractivity contribution in [3.8, 4) is 0 Å². The molecule has 0 spiro atoms. The molecule has 5 atom stereocenters. The lowest BCUT2D eigenvalue weighted by atomic mass is 9.65. The minimum absolute atomic E-state index is 0.178. The predicted octanol–water partition coefficient (Wildman–Crippen LogP) is 4.09. The number of nitrogens with zero attached hydrogens (tertiary/aromatic N) is 3. The molecule has 0 radical (unpaired) electrons. The Morgan fingerprint density at radius 3 is 2.75 bits per heavy atom. The van der Waals surface area contributed by atoms with Crippen LogP contribution in [-0.2, 0) is 17.8 Å². The number of carbonyl (C=O) groups excluding carboxylic acids is 1. The van der Waals surface area contributed by atoms with Crippen molar-refractivity contribution >= 4 is 16.9 Å². The van der Waals surface area contributed by atoms with E-state index in [1.165, 1.54) is 18.4 Å². The van der Waals surface area contributed by atoms with Gasteiger partial charge in [-0.2, -0.15) is 0 Å². The van der Waals surface area contributed by atoms with E-state index in [9.17, 15) is 4.79 Å². The summed E-state index contributed by atoms with van der Waals surface area (Å²) in [6.07, 6.45) is 5.63. The summed E-state index contributed by atoms with van der Waals surface area (Å²) in [5.41, 5.74) is 3.54. The molecule has 2 bridgehead atoms. The van der Waals surface area contributed by atoms with E-state index >= 15 is 0 Å². The van der Waals surface area contributed by atoms with Gasteiger partial charge in [-0.05, 0) is 56.7 Å². The van der Waals surface area contributed by atoms with Crippen molar-refractivity contribution in [3.63, 3.8) is 0 Å². The second-order valence-electron chi connectivity index (χ2n) is 10.3. The fourth-order valence-corrected chi connectivity index (χ4v) is 6.94. The van der Waals surface area contributed by atoms with Crippen molar-refractivity contribution in [1.82, 2.24) is 19.8 Å². The first-order chi connectivity index (χ1) is 15.5. The normalized spacial score (nSPS) is 31.2. The van der Waals surface area contributed by atoms with E-state index in [0.717, 1.165) is 36.1 Å². The Morgan fingerprint density at radius 2 is 1.91 bits per heavy atom. The van der Waals surface area contributed by atoms with Crippen molar-refractivity contribution in [3.05, 3.63) is 66.0 Å². The van der Waals surface area contributed by atoms with Crippen LogP contribution in [0.1, 0.15) is 44.0 Å². The van der Waals surface area contributed by atoms with Crippen LogP contribution in [0.4, 0.5) is 0 Å². The molecule has 3 aromatic rings. The second kappa shape index (κ2) is 7.45. The number of rotatable bonds is 4. The lowest BCUT2D eigenvalue weighted by molar-refractivity contribution is -0.136. The van der Waals surface area contributed by atoms with Crippen molar-refractivity contribution in [2.45, 2.75) is 76.7 Å². The first kappa shape index (κ1) is 20.0. The third-order valence-corrected chi connectivity index (χ3v) is 8.47. The number of piperidine rings is 1. The standard InChI is InChI=1S/C27H32N4O/c1-18-28-20-11-6-7-12-22(20)30(18)17-26(32)31-23-16-27(2)24(13-8-14-25(27)31)29-21(23)15-19-9-4-3-5-10-19/h3-7,9-12,21,23-25,29H,8,13-17H2,1-2H3/t21-,23+,24-,25+,27-/m1/s1. The predicted molar refractivity (Wildman–Crippen MR) is 126 cm³/mol. The number of carbonyl (C=O) groups is 1. The van der Waals surface area contributed by atoms with Gasteiger partial charge < -0.3 is 14.8 Å². The van der Waals surface area contributed by atoms with Crippen molar-refractivity contribution < 1.29 is 4.79 Å². The molecule has 1 aliphatic carbocycles. The van der Waals surface area contributed by atoms with Gasteiger partial charge in [0, 0.05) is 29.6 Å². The van der Waals surface area contributed by atoms with Crippen LogP contribution in [0.2, 0.25) is 0 Å². The maximum absolute atomic E-state index is 13.9. The Kier molecular flexibility index (Phi) is 4.65. The molecular weight excluding hydrogens is 396 g/mol. The molecule has 5 heteroatoms. The summed E-state index contributed by atoms with van der Waals surface area (Å²) in [5, 5.41) is 4.01. The van der Waals surface area contributed by atoms with Gasteiger partial charge in [0.05, 0.1) is 11.0 Å². The highest BCUT2D eigenvalue weighted by atomic mass is 16.2. The number of para-hydroxylation sites is 2. The maximum Gasteiger partial charge on any atom is 0.243 e. The SMILES string of the molecule is Cc1nc2ccccc2n1CC(=O)N1[C@H]2CCC[C@H]3N[C@H](Cc4ccccc4)[C@@H]1C[C@@]23C. The highest BCUT2D eigenvalue weighted by molar-refractivity contribution is 5.82. The van der Waals surface area contributed by atoms with Gasteiger partial charge in [-0.25, -0.2) is 4.98 Å². The summed E-state index contributed by atoms with van der Waals surface area (Å²) in [6.45, 7) is 4.80. The number of imidazole rings is 1. The molecule has 2 aliphatic heterocycles. The van der Waals surface area contributed by atoms with Gasteiger partial charge in [0.1, 0.15) is 12.4 Å². The second-order valence-corrected chi connectivity index (χ2v) is 10.3. The average molecular weight is 429 g/mol. The largest absolute Gasteiger partial charge is 0.333 e. The van der Waals surface area contributed by atoms with Crippen LogP contribution in [-0.4, -0.2) is 44.5 Å². The van der Waals surface area contributed by atoms with E-state index in [0.29, 0.717) is 24.7 Å². The van der Waals surface area contributed by atoms with Gasteiger partial charge >= 0.3 is 0 Å². The molecule has 3 heterocycles. The van der Waals surface area contributed by atoms with Crippen molar-refractivity contribution in [2.75, 3.05) is 0 Å². The lowest BCUT2D eigenvalue weighted by Crippen LogP contribution is -2.58. The van der Waals surface area contributed by atoms with Gasteiger partial charge in [-0.3, -0.25) is 4.79 Å². The number of aromatic nitrogens is 2. The van der Waals surface area contributed by atoms with Gasteiger partial charge in [0.15, 0.2) is 0 Å². The zero-order chi connectivity index (χ0) is 21.9. The molecule has 3 fully saturated rings. The average Bonchev–Trinajstić information content (AvgIpc) is 3.28. The summed E-state index contributed by atoms with van der Waals surface area (Å²) >= 11 is 0. The maximum atomic E-state index is 13.9. The Balaban J connectivity index is 1.34. The van der Waals surface area contributed by atoms with E-state index in [1.807, 2.05) is 25.1 Å². The molecule has 5 nitrogen and oxygen atoms in total. The third-order valence-electron chi connectivity index (χ3n) is 8.47. The first-order valence-corrected chi connectivity index (χ1v) is 12.1. The van der Waals surface area contributed by atoms with Gasteiger partial charge in [-0.1, -0.05) is 49.4 Å².